The van der Waals surface area contributed by atoms with Gasteiger partial charge in [-0.1, -0.05) is 12.1 Å². The van der Waals surface area contributed by atoms with Gasteiger partial charge in [0.15, 0.2) is 0 Å². The van der Waals surface area contributed by atoms with Crippen LogP contribution in [0.1, 0.15) is 41.7 Å². The molecule has 0 unspecified atom stereocenters. The lowest BCUT2D eigenvalue weighted by atomic mass is 9.94. The van der Waals surface area contributed by atoms with Crippen LogP contribution in [0.15, 0.2) is 42.7 Å². The summed E-state index contributed by atoms with van der Waals surface area (Å²) >= 11 is 0. The first-order valence-corrected chi connectivity index (χ1v) is 12.3. The number of piperidine rings is 2. The van der Waals surface area contributed by atoms with Crippen LogP contribution in [0, 0.1) is 18.7 Å². The molecular formula is C26H31FN6O2. The number of aliphatic hydroxyl groups is 1. The molecule has 0 radical (unpaired) electrons. The molecule has 1 atom stereocenters. The number of benzene rings is 1. The van der Waals surface area contributed by atoms with Crippen LogP contribution in [0.4, 0.5) is 4.39 Å². The molecule has 2 saturated heterocycles. The molecule has 1 N–H and O–H groups in total. The lowest BCUT2D eigenvalue weighted by Crippen LogP contribution is -2.50. The van der Waals surface area contributed by atoms with Crippen molar-refractivity contribution < 1.29 is 14.3 Å². The number of rotatable bonds is 5. The number of halogens is 1. The van der Waals surface area contributed by atoms with Crippen LogP contribution in [0.5, 0.6) is 0 Å². The minimum Gasteiger partial charge on any atom is -0.396 e. The monoisotopic (exact) mass is 478 g/mol. The second-order valence-corrected chi connectivity index (χ2v) is 9.49. The molecule has 3 aromatic rings. The smallest absolute Gasteiger partial charge is 0.257 e. The lowest BCUT2D eigenvalue weighted by molar-refractivity contribution is 0.0454. The molecule has 184 valence electrons. The van der Waals surface area contributed by atoms with E-state index < -0.39 is 0 Å². The number of carbonyl (C=O) groups excluding carboxylic acids is 1. The molecular weight excluding hydrogens is 447 g/mol. The maximum Gasteiger partial charge on any atom is 0.257 e. The molecule has 0 saturated carbocycles. The van der Waals surface area contributed by atoms with Gasteiger partial charge in [0.2, 0.25) is 0 Å². The van der Waals surface area contributed by atoms with Crippen LogP contribution in [0.3, 0.4) is 0 Å². The minimum atomic E-state index is -0.356. The van der Waals surface area contributed by atoms with E-state index in [1.807, 2.05) is 11.8 Å². The summed E-state index contributed by atoms with van der Waals surface area (Å²) in [7, 11) is 0. The highest BCUT2D eigenvalue weighted by Gasteiger charge is 2.31. The Morgan fingerprint density at radius 1 is 1.14 bits per heavy atom. The van der Waals surface area contributed by atoms with E-state index in [0.29, 0.717) is 53.5 Å². The summed E-state index contributed by atoms with van der Waals surface area (Å²) in [6.45, 7) is 5.51. The second-order valence-electron chi connectivity index (χ2n) is 9.49. The quantitative estimate of drug-likeness (QED) is 0.607. The molecule has 2 aliphatic rings. The third-order valence-electron chi connectivity index (χ3n) is 7.30. The number of nitrogens with zero attached hydrogens (tertiary/aromatic N) is 6. The van der Waals surface area contributed by atoms with Gasteiger partial charge in [-0.3, -0.25) is 9.69 Å². The molecule has 1 amide bonds. The van der Waals surface area contributed by atoms with Gasteiger partial charge in [0.25, 0.3) is 11.9 Å². The third-order valence-corrected chi connectivity index (χ3v) is 7.30. The summed E-state index contributed by atoms with van der Waals surface area (Å²) in [5.74, 6) is 0.273. The minimum absolute atomic E-state index is 0.0377. The molecule has 8 nitrogen and oxygen atoms in total. The van der Waals surface area contributed by atoms with Gasteiger partial charge in [-0.05, 0) is 63.3 Å². The molecule has 2 aromatic heterocycles. The second kappa shape index (κ2) is 10.2. The van der Waals surface area contributed by atoms with E-state index in [1.54, 1.807) is 36.7 Å². The molecule has 9 heteroatoms. The topological polar surface area (TPSA) is 87.4 Å². The van der Waals surface area contributed by atoms with E-state index in [2.05, 4.69) is 20.0 Å². The van der Waals surface area contributed by atoms with E-state index in [4.69, 9.17) is 0 Å². The maximum absolute atomic E-state index is 14.2. The van der Waals surface area contributed by atoms with Crippen molar-refractivity contribution in [3.63, 3.8) is 0 Å². The zero-order chi connectivity index (χ0) is 24.4. The predicted octanol–water partition coefficient (Wildman–Crippen LogP) is 3.09. The summed E-state index contributed by atoms with van der Waals surface area (Å²) in [4.78, 5) is 26.5. The zero-order valence-electron chi connectivity index (χ0n) is 20.0. The Morgan fingerprint density at radius 2 is 1.94 bits per heavy atom. The Balaban J connectivity index is 1.28. The van der Waals surface area contributed by atoms with Crippen molar-refractivity contribution in [1.29, 1.82) is 0 Å². The van der Waals surface area contributed by atoms with E-state index in [0.717, 1.165) is 38.8 Å². The fourth-order valence-electron chi connectivity index (χ4n) is 5.27. The summed E-state index contributed by atoms with van der Waals surface area (Å²) in [5.41, 5.74) is 2.03. The van der Waals surface area contributed by atoms with Gasteiger partial charge in [0.05, 0.1) is 23.1 Å². The summed E-state index contributed by atoms with van der Waals surface area (Å²) in [5, 5.41) is 13.9. The first kappa shape index (κ1) is 23.6. The van der Waals surface area contributed by atoms with Crippen molar-refractivity contribution in [3.05, 3.63) is 59.8 Å². The largest absolute Gasteiger partial charge is 0.396 e. The summed E-state index contributed by atoms with van der Waals surface area (Å²) < 4.78 is 15.8. The number of aromatic nitrogens is 4. The van der Waals surface area contributed by atoms with Crippen molar-refractivity contribution in [2.24, 2.45) is 5.92 Å². The summed E-state index contributed by atoms with van der Waals surface area (Å²) in [6.07, 6.45) is 7.23. The van der Waals surface area contributed by atoms with Gasteiger partial charge in [-0.15, -0.1) is 0 Å². The Hall–Kier alpha value is -3.17. The Kier molecular flexibility index (Phi) is 6.88. The van der Waals surface area contributed by atoms with E-state index in [-0.39, 0.29) is 18.3 Å². The van der Waals surface area contributed by atoms with Crippen molar-refractivity contribution in [2.75, 3.05) is 32.8 Å². The van der Waals surface area contributed by atoms with Crippen LogP contribution in [-0.2, 0) is 0 Å². The Labute approximate surface area is 204 Å². The lowest BCUT2D eigenvalue weighted by Gasteiger charge is -2.42. The van der Waals surface area contributed by atoms with Gasteiger partial charge in [0.1, 0.15) is 5.82 Å². The third kappa shape index (κ3) is 4.83. The first-order chi connectivity index (χ1) is 17.0. The number of amides is 1. The van der Waals surface area contributed by atoms with Crippen molar-refractivity contribution in [3.8, 4) is 17.2 Å². The number of hydrogen-bond donors (Lipinski definition) is 1. The van der Waals surface area contributed by atoms with Crippen LogP contribution < -0.4 is 0 Å². The van der Waals surface area contributed by atoms with Crippen molar-refractivity contribution in [1.82, 2.24) is 29.5 Å². The molecule has 0 bridgehead atoms. The average molecular weight is 479 g/mol. The SMILES string of the molecule is Cc1c(C(=O)N2CCC(N3CCC[C@H](CO)C3)CC2)cnn1-c1nccc(-c2ccccc2F)n1. The van der Waals surface area contributed by atoms with Crippen LogP contribution in [0.25, 0.3) is 17.2 Å². The van der Waals surface area contributed by atoms with Gasteiger partial charge < -0.3 is 10.0 Å². The highest BCUT2D eigenvalue weighted by molar-refractivity contribution is 5.95. The van der Waals surface area contributed by atoms with Crippen LogP contribution in [-0.4, -0.2) is 79.4 Å². The molecule has 2 fully saturated rings. The standard InChI is InChI=1S/C26H31FN6O2/c1-18-22(25(35)31-13-9-20(10-14-31)32-12-4-5-19(16-32)17-34)15-29-33(18)26-28-11-8-24(30-26)21-6-2-3-7-23(21)27/h2-3,6-8,11,15,19-20,34H,4-5,9-10,12-14,16-17H2,1H3/t19-/m0/s1. The van der Waals surface area contributed by atoms with Gasteiger partial charge in [-0.2, -0.15) is 5.10 Å². The van der Waals surface area contributed by atoms with Crippen molar-refractivity contribution >= 4 is 5.91 Å². The predicted molar refractivity (Wildman–Crippen MR) is 130 cm³/mol. The van der Waals surface area contributed by atoms with Gasteiger partial charge >= 0.3 is 0 Å². The van der Waals surface area contributed by atoms with Crippen LogP contribution in [0.2, 0.25) is 0 Å². The first-order valence-electron chi connectivity index (χ1n) is 12.3. The molecule has 4 heterocycles. The average Bonchev–Trinajstić information content (AvgIpc) is 3.30. The Bertz CT molecular complexity index is 1190. The molecule has 0 spiro atoms. The highest BCUT2D eigenvalue weighted by atomic mass is 19.1. The molecule has 0 aliphatic carbocycles. The summed E-state index contributed by atoms with van der Waals surface area (Å²) in [6, 6.07) is 8.58. The van der Waals surface area contributed by atoms with Crippen molar-refractivity contribution in [2.45, 2.75) is 38.6 Å². The number of hydrogen-bond acceptors (Lipinski definition) is 6. The number of likely N-dealkylation sites (tertiary alicyclic amines) is 2. The Morgan fingerprint density at radius 3 is 2.71 bits per heavy atom. The fourth-order valence-corrected chi connectivity index (χ4v) is 5.27. The zero-order valence-corrected chi connectivity index (χ0v) is 20.0. The molecule has 2 aliphatic heterocycles. The van der Waals surface area contributed by atoms with E-state index in [9.17, 15) is 14.3 Å². The fraction of sp³-hybridized carbons (Fsp3) is 0.462. The molecule has 35 heavy (non-hydrogen) atoms. The van der Waals surface area contributed by atoms with E-state index in [1.165, 1.54) is 10.7 Å². The normalized spacial score (nSPS) is 19.7. The van der Waals surface area contributed by atoms with E-state index >= 15 is 0 Å². The maximum atomic E-state index is 14.2. The molecule has 1 aromatic carbocycles. The van der Waals surface area contributed by atoms with Gasteiger partial charge in [-0.25, -0.2) is 19.0 Å². The molecule has 5 rings (SSSR count). The number of aliphatic hydroxyl groups excluding tert-OH is 1. The highest BCUT2D eigenvalue weighted by Crippen LogP contribution is 2.25. The van der Waals surface area contributed by atoms with Crippen LogP contribution >= 0.6 is 0 Å². The number of carbonyl (C=O) groups is 1. The van der Waals surface area contributed by atoms with Gasteiger partial charge in [0, 0.05) is 44.0 Å².